The SMILES string of the molecule is CC(CC(=O)N1CCOC1=O)/[N+]([O-])=C/c1cccs1. The van der Waals surface area contributed by atoms with Crippen molar-refractivity contribution in [1.29, 1.82) is 0 Å². The zero-order chi connectivity index (χ0) is 13.8. The average molecular weight is 282 g/mol. The fourth-order valence-corrected chi connectivity index (χ4v) is 2.33. The van der Waals surface area contributed by atoms with Crippen LogP contribution < -0.4 is 0 Å². The van der Waals surface area contributed by atoms with E-state index in [-0.39, 0.29) is 25.5 Å². The molecule has 102 valence electrons. The quantitative estimate of drug-likeness (QED) is 0.362. The van der Waals surface area contributed by atoms with Crippen LogP contribution in [0.2, 0.25) is 0 Å². The fourth-order valence-electron chi connectivity index (χ4n) is 1.69. The second-order valence-corrected chi connectivity index (χ2v) is 5.20. The molecule has 0 spiro atoms. The summed E-state index contributed by atoms with van der Waals surface area (Å²) in [5.41, 5.74) is 0. The molecule has 6 nitrogen and oxygen atoms in total. The number of amides is 2. The van der Waals surface area contributed by atoms with Crippen molar-refractivity contribution in [3.05, 3.63) is 27.6 Å². The molecule has 0 aliphatic carbocycles. The number of rotatable bonds is 4. The Labute approximate surface area is 114 Å². The summed E-state index contributed by atoms with van der Waals surface area (Å²) in [6, 6.07) is 3.14. The third-order valence-corrected chi connectivity index (χ3v) is 3.57. The van der Waals surface area contributed by atoms with Gasteiger partial charge in [0.05, 0.1) is 17.8 Å². The Morgan fingerprint density at radius 2 is 2.53 bits per heavy atom. The van der Waals surface area contributed by atoms with Crippen LogP contribution in [0.5, 0.6) is 0 Å². The van der Waals surface area contributed by atoms with Crippen LogP contribution in [0, 0.1) is 5.21 Å². The maximum absolute atomic E-state index is 11.8. The smallest absolute Gasteiger partial charge is 0.416 e. The van der Waals surface area contributed by atoms with Gasteiger partial charge in [0.25, 0.3) is 0 Å². The van der Waals surface area contributed by atoms with Gasteiger partial charge in [-0.25, -0.2) is 14.4 Å². The van der Waals surface area contributed by atoms with E-state index in [1.807, 2.05) is 17.5 Å². The molecule has 1 aliphatic rings. The van der Waals surface area contributed by atoms with Crippen LogP contribution in [-0.2, 0) is 9.53 Å². The maximum atomic E-state index is 11.8. The first-order valence-corrected chi connectivity index (χ1v) is 6.77. The summed E-state index contributed by atoms with van der Waals surface area (Å²) in [6.07, 6.45) is 0.808. The van der Waals surface area contributed by atoms with E-state index in [2.05, 4.69) is 4.74 Å². The molecule has 1 aliphatic heterocycles. The Hall–Kier alpha value is -1.89. The van der Waals surface area contributed by atoms with Gasteiger partial charge in [-0.1, -0.05) is 6.07 Å². The zero-order valence-electron chi connectivity index (χ0n) is 10.4. The number of hydrogen-bond donors (Lipinski definition) is 0. The molecule has 0 aromatic carbocycles. The van der Waals surface area contributed by atoms with Crippen LogP contribution in [-0.4, -0.2) is 47.0 Å². The highest BCUT2D eigenvalue weighted by Crippen LogP contribution is 2.10. The molecule has 0 bridgehead atoms. The van der Waals surface area contributed by atoms with Crippen molar-refractivity contribution in [2.45, 2.75) is 19.4 Å². The second kappa shape index (κ2) is 5.83. The molecule has 1 unspecified atom stereocenters. The lowest BCUT2D eigenvalue weighted by Crippen LogP contribution is -2.35. The molecule has 1 saturated heterocycles. The number of carbonyl (C=O) groups is 2. The van der Waals surface area contributed by atoms with Gasteiger partial charge in [-0.2, -0.15) is 0 Å². The molecule has 19 heavy (non-hydrogen) atoms. The van der Waals surface area contributed by atoms with Crippen LogP contribution in [0.25, 0.3) is 0 Å². The lowest BCUT2D eigenvalue weighted by Gasteiger charge is -2.15. The summed E-state index contributed by atoms with van der Waals surface area (Å²) < 4.78 is 5.42. The molecular weight excluding hydrogens is 268 g/mol. The van der Waals surface area contributed by atoms with Crippen molar-refractivity contribution in [3.8, 4) is 0 Å². The van der Waals surface area contributed by atoms with E-state index in [1.165, 1.54) is 17.6 Å². The Balaban J connectivity index is 1.95. The number of hydroxylamine groups is 1. The maximum Gasteiger partial charge on any atom is 0.416 e. The van der Waals surface area contributed by atoms with Gasteiger partial charge in [0.2, 0.25) is 5.91 Å². The summed E-state index contributed by atoms with van der Waals surface area (Å²) >= 11 is 1.45. The van der Waals surface area contributed by atoms with E-state index in [1.54, 1.807) is 6.92 Å². The molecule has 0 N–H and O–H groups in total. The van der Waals surface area contributed by atoms with Crippen LogP contribution in [0.1, 0.15) is 18.2 Å². The average Bonchev–Trinajstić information content (AvgIpc) is 3.00. The van der Waals surface area contributed by atoms with E-state index < -0.39 is 12.1 Å². The Kier molecular flexibility index (Phi) is 4.16. The largest absolute Gasteiger partial charge is 0.624 e. The van der Waals surface area contributed by atoms with Gasteiger partial charge in [-0.15, -0.1) is 11.3 Å². The number of nitrogens with zero attached hydrogens (tertiary/aromatic N) is 2. The second-order valence-electron chi connectivity index (χ2n) is 4.22. The highest BCUT2D eigenvalue weighted by Gasteiger charge is 2.30. The third-order valence-electron chi connectivity index (χ3n) is 2.76. The summed E-state index contributed by atoms with van der Waals surface area (Å²) in [5, 5.41) is 13.7. The summed E-state index contributed by atoms with van der Waals surface area (Å²) in [4.78, 5) is 24.9. The number of hydrogen-bond acceptors (Lipinski definition) is 5. The standard InChI is InChI=1S/C12H14N2O4S/c1-9(14(17)8-10-3-2-6-19-10)7-11(15)13-4-5-18-12(13)16/h2-3,6,8-9H,4-5,7H2,1H3/b14-8-. The molecule has 2 heterocycles. The molecule has 1 aromatic heterocycles. The lowest BCUT2D eigenvalue weighted by molar-refractivity contribution is -0.490. The third kappa shape index (κ3) is 3.31. The van der Waals surface area contributed by atoms with Crippen molar-refractivity contribution in [2.24, 2.45) is 0 Å². The Morgan fingerprint density at radius 3 is 3.11 bits per heavy atom. The van der Waals surface area contributed by atoms with E-state index >= 15 is 0 Å². The van der Waals surface area contributed by atoms with Crippen molar-refractivity contribution in [1.82, 2.24) is 4.90 Å². The van der Waals surface area contributed by atoms with Gasteiger partial charge in [0, 0.05) is 0 Å². The van der Waals surface area contributed by atoms with Crippen LogP contribution in [0.3, 0.4) is 0 Å². The molecule has 1 fully saturated rings. The monoisotopic (exact) mass is 282 g/mol. The van der Waals surface area contributed by atoms with Crippen LogP contribution >= 0.6 is 11.3 Å². The lowest BCUT2D eigenvalue weighted by atomic mass is 10.2. The molecule has 0 radical (unpaired) electrons. The number of imide groups is 1. The summed E-state index contributed by atoms with van der Waals surface area (Å²) in [7, 11) is 0. The first-order valence-electron chi connectivity index (χ1n) is 5.89. The molecule has 2 amide bonds. The van der Waals surface area contributed by atoms with E-state index in [0.717, 1.165) is 14.5 Å². The van der Waals surface area contributed by atoms with E-state index in [0.29, 0.717) is 0 Å². The summed E-state index contributed by atoms with van der Waals surface area (Å²) in [6.45, 7) is 2.13. The molecule has 1 atom stereocenters. The number of thiophene rings is 1. The minimum absolute atomic E-state index is 0.0134. The van der Waals surface area contributed by atoms with Crippen LogP contribution in [0.4, 0.5) is 4.79 Å². The zero-order valence-corrected chi connectivity index (χ0v) is 11.3. The van der Waals surface area contributed by atoms with Gasteiger partial charge in [-0.3, -0.25) is 4.79 Å². The van der Waals surface area contributed by atoms with Crippen molar-refractivity contribution in [2.75, 3.05) is 13.2 Å². The predicted octanol–water partition coefficient (Wildman–Crippen LogP) is 1.43. The van der Waals surface area contributed by atoms with Gasteiger partial charge in [0.15, 0.2) is 12.3 Å². The molecule has 0 saturated carbocycles. The van der Waals surface area contributed by atoms with Gasteiger partial charge in [0.1, 0.15) is 6.61 Å². The van der Waals surface area contributed by atoms with E-state index in [9.17, 15) is 14.8 Å². The highest BCUT2D eigenvalue weighted by molar-refractivity contribution is 7.11. The van der Waals surface area contributed by atoms with Gasteiger partial charge in [-0.05, 0) is 18.4 Å². The van der Waals surface area contributed by atoms with E-state index in [4.69, 9.17) is 0 Å². The van der Waals surface area contributed by atoms with Gasteiger partial charge >= 0.3 is 6.09 Å². The first kappa shape index (κ1) is 13.5. The Morgan fingerprint density at radius 1 is 1.74 bits per heavy atom. The predicted molar refractivity (Wildman–Crippen MR) is 70.3 cm³/mol. The summed E-state index contributed by atoms with van der Waals surface area (Å²) in [5.74, 6) is -0.379. The fraction of sp³-hybridized carbons (Fsp3) is 0.417. The van der Waals surface area contributed by atoms with Gasteiger partial charge < -0.3 is 9.94 Å². The normalized spacial score (nSPS) is 17.4. The van der Waals surface area contributed by atoms with Crippen LogP contribution in [0.15, 0.2) is 17.5 Å². The number of cyclic esters (lactones) is 1. The topological polar surface area (TPSA) is 72.7 Å². The molecular formula is C12H14N2O4S. The number of carbonyl (C=O) groups excluding carboxylic acids is 2. The number of ether oxygens (including phenoxy) is 1. The minimum Gasteiger partial charge on any atom is -0.624 e. The Bertz CT molecular complexity index is 498. The van der Waals surface area contributed by atoms with Crippen molar-refractivity contribution in [3.63, 3.8) is 0 Å². The minimum atomic E-state index is -0.628. The highest BCUT2D eigenvalue weighted by atomic mass is 32.1. The molecule has 7 heteroatoms. The van der Waals surface area contributed by atoms with Crippen molar-refractivity contribution >= 4 is 29.6 Å². The first-order chi connectivity index (χ1) is 9.08. The van der Waals surface area contributed by atoms with Crippen molar-refractivity contribution < 1.29 is 19.1 Å². The molecule has 1 aromatic rings. The molecule has 2 rings (SSSR count).